The van der Waals surface area contributed by atoms with Gasteiger partial charge in [-0.1, -0.05) is 6.07 Å². The number of ether oxygens (including phenoxy) is 1. The Labute approximate surface area is 99.2 Å². The van der Waals surface area contributed by atoms with E-state index in [1.165, 1.54) is 19.2 Å². The third-order valence-corrected chi connectivity index (χ3v) is 2.85. The number of carbonyl (C=O) groups is 1. The molecule has 1 unspecified atom stereocenters. The van der Waals surface area contributed by atoms with Crippen LogP contribution in [0.15, 0.2) is 18.2 Å². The van der Waals surface area contributed by atoms with Crippen LogP contribution in [0.2, 0.25) is 0 Å². The third-order valence-electron chi connectivity index (χ3n) is 2.85. The Kier molecular flexibility index (Phi) is 3.28. The van der Waals surface area contributed by atoms with Crippen LogP contribution in [0.1, 0.15) is 12.0 Å². The van der Waals surface area contributed by atoms with Crippen molar-refractivity contribution >= 4 is 5.91 Å². The number of benzene rings is 1. The van der Waals surface area contributed by atoms with Gasteiger partial charge in [0.15, 0.2) is 0 Å². The van der Waals surface area contributed by atoms with Crippen LogP contribution in [0.5, 0.6) is 5.75 Å². The lowest BCUT2D eigenvalue weighted by Crippen LogP contribution is -2.28. The fraction of sp³-hybridized carbons (Fsp3) is 0.417. The van der Waals surface area contributed by atoms with E-state index >= 15 is 0 Å². The van der Waals surface area contributed by atoms with Crippen molar-refractivity contribution in [3.63, 3.8) is 0 Å². The minimum absolute atomic E-state index is 0.0314. The van der Waals surface area contributed by atoms with Crippen LogP contribution in [0.3, 0.4) is 0 Å². The van der Waals surface area contributed by atoms with E-state index in [-0.39, 0.29) is 17.8 Å². The third kappa shape index (κ3) is 2.55. The molecule has 1 atom stereocenters. The van der Waals surface area contributed by atoms with Gasteiger partial charge in [0, 0.05) is 37.2 Å². The summed E-state index contributed by atoms with van der Waals surface area (Å²) in [5.74, 6) is 0.136. The number of amides is 1. The first-order valence-electron chi connectivity index (χ1n) is 5.46. The van der Waals surface area contributed by atoms with Crippen LogP contribution in [-0.4, -0.2) is 30.5 Å². The Balaban J connectivity index is 2.16. The Hall–Kier alpha value is -1.62. The minimum Gasteiger partial charge on any atom is -0.496 e. The zero-order valence-corrected chi connectivity index (χ0v) is 9.65. The van der Waals surface area contributed by atoms with Gasteiger partial charge >= 0.3 is 0 Å². The van der Waals surface area contributed by atoms with Gasteiger partial charge in [-0.3, -0.25) is 4.79 Å². The van der Waals surface area contributed by atoms with E-state index in [1.54, 1.807) is 11.0 Å². The van der Waals surface area contributed by atoms with Crippen molar-refractivity contribution in [2.24, 2.45) is 5.73 Å². The predicted octanol–water partition coefficient (Wildman–Crippen LogP) is 0.894. The van der Waals surface area contributed by atoms with E-state index in [0.29, 0.717) is 25.3 Å². The molecule has 1 saturated heterocycles. The molecule has 0 bridgehead atoms. The van der Waals surface area contributed by atoms with Gasteiger partial charge in [0.25, 0.3) is 0 Å². The summed E-state index contributed by atoms with van der Waals surface area (Å²) in [6.45, 7) is 0.954. The summed E-state index contributed by atoms with van der Waals surface area (Å²) in [4.78, 5) is 13.3. The maximum atomic E-state index is 13.0. The molecule has 4 nitrogen and oxygen atoms in total. The van der Waals surface area contributed by atoms with Crippen molar-refractivity contribution in [2.45, 2.75) is 19.0 Å². The minimum atomic E-state index is -0.352. The van der Waals surface area contributed by atoms with Gasteiger partial charge in [0.05, 0.1) is 7.11 Å². The lowest BCUT2D eigenvalue weighted by molar-refractivity contribution is -0.128. The van der Waals surface area contributed by atoms with Crippen molar-refractivity contribution in [3.8, 4) is 5.75 Å². The van der Waals surface area contributed by atoms with Crippen molar-refractivity contribution in [2.75, 3.05) is 13.7 Å². The molecule has 1 aromatic rings. The quantitative estimate of drug-likeness (QED) is 0.851. The molecule has 1 amide bonds. The fourth-order valence-electron chi connectivity index (χ4n) is 2.01. The molecule has 1 fully saturated rings. The normalized spacial score (nSPS) is 19.8. The molecule has 0 spiro atoms. The highest BCUT2D eigenvalue weighted by Crippen LogP contribution is 2.23. The molecule has 17 heavy (non-hydrogen) atoms. The molecular formula is C12H15FN2O2. The van der Waals surface area contributed by atoms with Gasteiger partial charge in [-0.2, -0.15) is 0 Å². The van der Waals surface area contributed by atoms with E-state index in [0.717, 1.165) is 5.56 Å². The van der Waals surface area contributed by atoms with Gasteiger partial charge in [-0.15, -0.1) is 0 Å². The standard InChI is InChI=1S/C12H15FN2O2/c1-17-11-4-9(13)3-2-8(11)6-15-7-10(14)5-12(15)16/h2-4,10H,5-7,14H2,1H3. The molecule has 1 heterocycles. The summed E-state index contributed by atoms with van der Waals surface area (Å²) in [7, 11) is 1.48. The number of hydrogen-bond donors (Lipinski definition) is 1. The largest absolute Gasteiger partial charge is 0.496 e. The molecule has 2 rings (SSSR count). The van der Waals surface area contributed by atoms with Gasteiger partial charge in [0.1, 0.15) is 11.6 Å². The molecule has 0 aliphatic carbocycles. The number of nitrogens with two attached hydrogens (primary N) is 1. The SMILES string of the molecule is COc1cc(F)ccc1CN1CC(N)CC1=O. The first-order chi connectivity index (χ1) is 8.10. The van der Waals surface area contributed by atoms with Crippen LogP contribution in [0, 0.1) is 5.82 Å². The second-order valence-electron chi connectivity index (χ2n) is 4.19. The summed E-state index contributed by atoms with van der Waals surface area (Å²) >= 11 is 0. The Morgan fingerprint density at radius 1 is 1.59 bits per heavy atom. The number of hydrogen-bond acceptors (Lipinski definition) is 3. The average Bonchev–Trinajstić information content (AvgIpc) is 2.60. The molecule has 1 aliphatic heterocycles. The number of rotatable bonds is 3. The molecular weight excluding hydrogens is 223 g/mol. The van der Waals surface area contributed by atoms with E-state index in [2.05, 4.69) is 0 Å². The maximum absolute atomic E-state index is 13.0. The maximum Gasteiger partial charge on any atom is 0.224 e. The van der Waals surface area contributed by atoms with E-state index in [4.69, 9.17) is 10.5 Å². The topological polar surface area (TPSA) is 55.6 Å². The van der Waals surface area contributed by atoms with Crippen LogP contribution in [-0.2, 0) is 11.3 Å². The highest BCUT2D eigenvalue weighted by atomic mass is 19.1. The Morgan fingerprint density at radius 2 is 2.35 bits per heavy atom. The Bertz CT molecular complexity index is 437. The number of halogens is 1. The molecule has 1 aromatic carbocycles. The fourth-order valence-corrected chi connectivity index (χ4v) is 2.01. The van der Waals surface area contributed by atoms with Crippen LogP contribution >= 0.6 is 0 Å². The summed E-state index contributed by atoms with van der Waals surface area (Å²) in [6.07, 6.45) is 0.378. The highest BCUT2D eigenvalue weighted by Gasteiger charge is 2.27. The van der Waals surface area contributed by atoms with Gasteiger partial charge in [-0.05, 0) is 6.07 Å². The molecule has 2 N–H and O–H groups in total. The number of likely N-dealkylation sites (tertiary alicyclic amines) is 1. The summed E-state index contributed by atoms with van der Waals surface area (Å²) in [5.41, 5.74) is 6.50. The summed E-state index contributed by atoms with van der Waals surface area (Å²) in [6, 6.07) is 4.20. The Morgan fingerprint density at radius 3 is 2.94 bits per heavy atom. The first-order valence-corrected chi connectivity index (χ1v) is 5.46. The van der Waals surface area contributed by atoms with E-state index in [1.807, 2.05) is 0 Å². The summed E-state index contributed by atoms with van der Waals surface area (Å²) < 4.78 is 18.1. The van der Waals surface area contributed by atoms with Gasteiger partial charge < -0.3 is 15.4 Å². The predicted molar refractivity (Wildman–Crippen MR) is 61.0 cm³/mol. The van der Waals surface area contributed by atoms with Gasteiger partial charge in [-0.25, -0.2) is 4.39 Å². The van der Waals surface area contributed by atoms with Crippen molar-refractivity contribution in [1.82, 2.24) is 4.90 Å². The number of methoxy groups -OCH3 is 1. The average molecular weight is 238 g/mol. The number of nitrogens with zero attached hydrogens (tertiary/aromatic N) is 1. The van der Waals surface area contributed by atoms with E-state index in [9.17, 15) is 9.18 Å². The lowest BCUT2D eigenvalue weighted by Gasteiger charge is -2.17. The van der Waals surface area contributed by atoms with Crippen LogP contribution in [0.4, 0.5) is 4.39 Å². The lowest BCUT2D eigenvalue weighted by atomic mass is 10.2. The molecule has 0 saturated carbocycles. The van der Waals surface area contributed by atoms with Crippen LogP contribution in [0.25, 0.3) is 0 Å². The number of carbonyl (C=O) groups excluding carboxylic acids is 1. The molecule has 5 heteroatoms. The van der Waals surface area contributed by atoms with Crippen molar-refractivity contribution in [3.05, 3.63) is 29.6 Å². The van der Waals surface area contributed by atoms with Crippen LogP contribution < -0.4 is 10.5 Å². The van der Waals surface area contributed by atoms with Crippen molar-refractivity contribution < 1.29 is 13.9 Å². The smallest absolute Gasteiger partial charge is 0.224 e. The van der Waals surface area contributed by atoms with Crippen molar-refractivity contribution in [1.29, 1.82) is 0 Å². The highest BCUT2D eigenvalue weighted by molar-refractivity contribution is 5.79. The second kappa shape index (κ2) is 4.71. The first kappa shape index (κ1) is 11.9. The molecule has 92 valence electrons. The van der Waals surface area contributed by atoms with E-state index < -0.39 is 0 Å². The molecule has 0 aromatic heterocycles. The second-order valence-corrected chi connectivity index (χ2v) is 4.19. The zero-order chi connectivity index (χ0) is 12.4. The zero-order valence-electron chi connectivity index (χ0n) is 9.65. The summed E-state index contributed by atoms with van der Waals surface area (Å²) in [5, 5.41) is 0. The monoisotopic (exact) mass is 238 g/mol. The molecule has 0 radical (unpaired) electrons. The van der Waals surface area contributed by atoms with Gasteiger partial charge in [0.2, 0.25) is 5.91 Å². The molecule has 1 aliphatic rings.